The molecule has 0 aliphatic carbocycles. The maximum Gasteiger partial charge on any atom is 0.245 e. The average Bonchev–Trinajstić information content (AvgIpc) is 2.36. The number of nitrogens with two attached hydrogens (primary N) is 1. The van der Waals surface area contributed by atoms with Crippen molar-refractivity contribution in [2.75, 3.05) is 26.3 Å². The van der Waals surface area contributed by atoms with E-state index >= 15 is 0 Å². The van der Waals surface area contributed by atoms with E-state index in [0.717, 1.165) is 0 Å². The minimum Gasteiger partial charge on any atom is -0.377 e. The van der Waals surface area contributed by atoms with Crippen molar-refractivity contribution in [2.24, 2.45) is 11.7 Å². The highest BCUT2D eigenvalue weighted by molar-refractivity contribution is 5.89. The molecule has 0 radical (unpaired) electrons. The van der Waals surface area contributed by atoms with Crippen LogP contribution in [0.1, 0.15) is 20.8 Å². The first kappa shape index (κ1) is 14.9. The van der Waals surface area contributed by atoms with Crippen LogP contribution >= 0.6 is 0 Å². The molecule has 2 amide bonds. The van der Waals surface area contributed by atoms with E-state index in [1.807, 2.05) is 13.8 Å². The van der Waals surface area contributed by atoms with Crippen LogP contribution in [-0.2, 0) is 14.3 Å². The third kappa shape index (κ3) is 3.68. The van der Waals surface area contributed by atoms with E-state index in [4.69, 9.17) is 10.5 Å². The van der Waals surface area contributed by atoms with Gasteiger partial charge in [-0.2, -0.15) is 0 Å². The third-order valence-corrected chi connectivity index (χ3v) is 2.92. The van der Waals surface area contributed by atoms with Crippen LogP contribution in [0, 0.1) is 5.92 Å². The van der Waals surface area contributed by atoms with Gasteiger partial charge in [-0.1, -0.05) is 6.92 Å². The van der Waals surface area contributed by atoms with Gasteiger partial charge in [-0.05, 0) is 13.8 Å². The Balaban J connectivity index is 2.73. The fourth-order valence-corrected chi connectivity index (χ4v) is 1.85. The number of hydrogen-bond donors (Lipinski definition) is 2. The summed E-state index contributed by atoms with van der Waals surface area (Å²) in [5.41, 5.74) is 5.50. The van der Waals surface area contributed by atoms with Crippen molar-refractivity contribution >= 4 is 11.8 Å². The van der Waals surface area contributed by atoms with Crippen LogP contribution in [0.3, 0.4) is 0 Å². The molecule has 18 heavy (non-hydrogen) atoms. The summed E-state index contributed by atoms with van der Waals surface area (Å²) in [7, 11) is 0. The topological polar surface area (TPSA) is 84.7 Å². The average molecular weight is 257 g/mol. The number of nitrogens with one attached hydrogen (secondary N) is 1. The molecule has 0 aromatic carbocycles. The van der Waals surface area contributed by atoms with Crippen LogP contribution < -0.4 is 11.1 Å². The summed E-state index contributed by atoms with van der Waals surface area (Å²) in [6.45, 7) is 6.99. The third-order valence-electron chi connectivity index (χ3n) is 2.92. The zero-order chi connectivity index (χ0) is 13.7. The maximum absolute atomic E-state index is 12.1. The zero-order valence-corrected chi connectivity index (χ0v) is 11.3. The number of carbonyl (C=O) groups excluding carboxylic acids is 2. The minimum atomic E-state index is -0.539. The molecule has 104 valence electrons. The van der Waals surface area contributed by atoms with E-state index in [2.05, 4.69) is 5.32 Å². The second-order valence-corrected chi connectivity index (χ2v) is 4.92. The molecule has 0 bridgehead atoms. The first-order valence-corrected chi connectivity index (χ1v) is 6.36. The van der Waals surface area contributed by atoms with E-state index < -0.39 is 6.04 Å². The first-order valence-electron chi connectivity index (χ1n) is 6.36. The molecule has 3 N–H and O–H groups in total. The lowest BCUT2D eigenvalue weighted by atomic mass is 10.1. The largest absolute Gasteiger partial charge is 0.377 e. The van der Waals surface area contributed by atoms with Crippen molar-refractivity contribution in [1.29, 1.82) is 0 Å². The lowest BCUT2D eigenvalue weighted by molar-refractivity contribution is -0.151. The monoisotopic (exact) mass is 257 g/mol. The van der Waals surface area contributed by atoms with Crippen molar-refractivity contribution in [3.8, 4) is 0 Å². The van der Waals surface area contributed by atoms with Crippen molar-refractivity contribution in [1.82, 2.24) is 10.2 Å². The molecule has 2 unspecified atom stereocenters. The Labute approximate surface area is 108 Å². The number of rotatable bonds is 4. The molecule has 1 saturated heterocycles. The predicted octanol–water partition coefficient (Wildman–Crippen LogP) is -0.667. The molecule has 1 fully saturated rings. The van der Waals surface area contributed by atoms with Gasteiger partial charge in [0.05, 0.1) is 13.2 Å². The molecule has 0 saturated carbocycles. The van der Waals surface area contributed by atoms with Crippen molar-refractivity contribution in [3.63, 3.8) is 0 Å². The maximum atomic E-state index is 12.1. The van der Waals surface area contributed by atoms with Gasteiger partial charge in [0, 0.05) is 25.0 Å². The van der Waals surface area contributed by atoms with Crippen molar-refractivity contribution in [2.45, 2.75) is 32.9 Å². The lowest BCUT2D eigenvalue weighted by Gasteiger charge is -2.36. The van der Waals surface area contributed by atoms with Gasteiger partial charge in [0.25, 0.3) is 0 Å². The first-order chi connectivity index (χ1) is 8.47. The summed E-state index contributed by atoms with van der Waals surface area (Å²) in [5, 5.41) is 2.81. The highest BCUT2D eigenvalue weighted by atomic mass is 16.5. The molecule has 0 aromatic heterocycles. The van der Waals surface area contributed by atoms with Gasteiger partial charge in [0.1, 0.15) is 6.04 Å². The molecule has 0 spiro atoms. The smallest absolute Gasteiger partial charge is 0.245 e. The van der Waals surface area contributed by atoms with E-state index in [1.54, 1.807) is 11.8 Å². The van der Waals surface area contributed by atoms with Crippen molar-refractivity contribution in [3.05, 3.63) is 0 Å². The molecule has 2 atom stereocenters. The normalized spacial score (nSPS) is 21.8. The highest BCUT2D eigenvalue weighted by Crippen LogP contribution is 2.12. The summed E-state index contributed by atoms with van der Waals surface area (Å²) in [5.74, 6) is -0.510. The number of morpholine rings is 1. The number of ether oxygens (including phenoxy) is 1. The molecule has 1 heterocycles. The Morgan fingerprint density at radius 1 is 1.44 bits per heavy atom. The molecule has 1 aliphatic rings. The standard InChI is InChI=1S/C12H23N3O3/c1-8(2)14-11(16)10-7-18-5-4-15(10)12(17)9(3)6-13/h8-10H,4-7,13H2,1-3H3,(H,14,16). The second kappa shape index (κ2) is 6.70. The van der Waals surface area contributed by atoms with Crippen LogP contribution in [-0.4, -0.2) is 55.1 Å². The fourth-order valence-electron chi connectivity index (χ4n) is 1.85. The quantitative estimate of drug-likeness (QED) is 0.700. The van der Waals surface area contributed by atoms with Gasteiger partial charge in [0.15, 0.2) is 0 Å². The minimum absolute atomic E-state index is 0.0447. The number of nitrogens with zero attached hydrogens (tertiary/aromatic N) is 1. The second-order valence-electron chi connectivity index (χ2n) is 4.92. The SMILES string of the molecule is CC(C)NC(=O)C1COCCN1C(=O)C(C)CN. The van der Waals surface area contributed by atoms with Crippen molar-refractivity contribution < 1.29 is 14.3 Å². The van der Waals surface area contributed by atoms with Gasteiger partial charge in [-0.25, -0.2) is 0 Å². The zero-order valence-electron chi connectivity index (χ0n) is 11.3. The van der Waals surface area contributed by atoms with Gasteiger partial charge in [-0.3, -0.25) is 9.59 Å². The molecule has 1 rings (SSSR count). The molecule has 6 heteroatoms. The van der Waals surface area contributed by atoms with Gasteiger partial charge < -0.3 is 20.7 Å². The van der Waals surface area contributed by atoms with E-state index in [9.17, 15) is 9.59 Å². The molecule has 6 nitrogen and oxygen atoms in total. The van der Waals surface area contributed by atoms with E-state index in [0.29, 0.717) is 13.2 Å². The number of amides is 2. The summed E-state index contributed by atoms with van der Waals surface area (Å²) < 4.78 is 5.29. The van der Waals surface area contributed by atoms with Gasteiger partial charge in [-0.15, -0.1) is 0 Å². The Morgan fingerprint density at radius 2 is 2.11 bits per heavy atom. The van der Waals surface area contributed by atoms with E-state index in [1.165, 1.54) is 0 Å². The Kier molecular flexibility index (Phi) is 5.55. The Hall–Kier alpha value is -1.14. The number of hydrogen-bond acceptors (Lipinski definition) is 4. The van der Waals surface area contributed by atoms with Crippen LogP contribution in [0.4, 0.5) is 0 Å². The molecule has 1 aliphatic heterocycles. The van der Waals surface area contributed by atoms with Crippen LogP contribution in [0.25, 0.3) is 0 Å². The molecule has 0 aromatic rings. The molecular formula is C12H23N3O3. The fraction of sp³-hybridized carbons (Fsp3) is 0.833. The van der Waals surface area contributed by atoms with Crippen LogP contribution in [0.2, 0.25) is 0 Å². The lowest BCUT2D eigenvalue weighted by Crippen LogP contribution is -2.58. The Morgan fingerprint density at radius 3 is 2.67 bits per heavy atom. The van der Waals surface area contributed by atoms with Gasteiger partial charge in [0.2, 0.25) is 11.8 Å². The summed E-state index contributed by atoms with van der Waals surface area (Å²) in [6.07, 6.45) is 0. The summed E-state index contributed by atoms with van der Waals surface area (Å²) in [4.78, 5) is 25.7. The number of carbonyl (C=O) groups is 2. The predicted molar refractivity (Wildman–Crippen MR) is 67.8 cm³/mol. The summed E-state index contributed by atoms with van der Waals surface area (Å²) >= 11 is 0. The highest BCUT2D eigenvalue weighted by Gasteiger charge is 2.34. The van der Waals surface area contributed by atoms with Crippen LogP contribution in [0.5, 0.6) is 0 Å². The summed E-state index contributed by atoms with van der Waals surface area (Å²) in [6, 6.07) is -0.494. The Bertz CT molecular complexity index is 307. The van der Waals surface area contributed by atoms with Crippen LogP contribution in [0.15, 0.2) is 0 Å². The van der Waals surface area contributed by atoms with E-state index in [-0.39, 0.29) is 36.9 Å². The van der Waals surface area contributed by atoms with Gasteiger partial charge >= 0.3 is 0 Å². The molecular weight excluding hydrogens is 234 g/mol.